The third-order valence-corrected chi connectivity index (χ3v) is 1.72. The van der Waals surface area contributed by atoms with Gasteiger partial charge in [-0.2, -0.15) is 0 Å². The van der Waals surface area contributed by atoms with Gasteiger partial charge in [-0.25, -0.2) is 17.5 Å². The van der Waals surface area contributed by atoms with Crippen LogP contribution in [0.2, 0.25) is 0 Å². The van der Waals surface area contributed by atoms with Crippen molar-refractivity contribution in [3.8, 4) is 0 Å². The zero-order valence-corrected chi connectivity index (χ0v) is 9.13. The van der Waals surface area contributed by atoms with Crippen LogP contribution in [0, 0.1) is 0 Å². The molecule has 0 amide bonds. The van der Waals surface area contributed by atoms with Crippen LogP contribution >= 0.6 is 0 Å². The summed E-state index contributed by atoms with van der Waals surface area (Å²) in [5.74, 6) is 0. The van der Waals surface area contributed by atoms with E-state index in [0.29, 0.717) is 0 Å². The van der Waals surface area contributed by atoms with E-state index in [0.717, 1.165) is 6.26 Å². The number of sulfonamides is 1. The summed E-state index contributed by atoms with van der Waals surface area (Å²) < 4.78 is 35.2. The Labute approximate surface area is 74.4 Å². The lowest BCUT2D eigenvalue weighted by molar-refractivity contribution is 0.326. The molecule has 0 aliphatic rings. The molecule has 0 saturated carbocycles. The SMILES string of the molecule is CC.CC(C)(CF)NS(C)(=O)=O. The van der Waals surface area contributed by atoms with Crippen LogP contribution in [0.3, 0.4) is 0 Å². The molecule has 76 valence electrons. The quantitative estimate of drug-likeness (QED) is 0.745. The van der Waals surface area contributed by atoms with Crippen molar-refractivity contribution < 1.29 is 12.8 Å². The monoisotopic (exact) mass is 199 g/mol. The number of hydrogen-bond donors (Lipinski definition) is 1. The first-order valence-corrected chi connectivity index (χ1v) is 5.71. The second kappa shape index (κ2) is 5.48. The number of hydrogen-bond acceptors (Lipinski definition) is 2. The van der Waals surface area contributed by atoms with Crippen molar-refractivity contribution in [2.24, 2.45) is 0 Å². The van der Waals surface area contributed by atoms with Crippen molar-refractivity contribution in [1.82, 2.24) is 4.72 Å². The van der Waals surface area contributed by atoms with E-state index in [1.165, 1.54) is 13.8 Å². The number of alkyl halides is 1. The highest BCUT2D eigenvalue weighted by Gasteiger charge is 2.21. The molecule has 0 aliphatic heterocycles. The van der Waals surface area contributed by atoms with Crippen LogP contribution in [0.15, 0.2) is 0 Å². The molecule has 0 aromatic carbocycles. The van der Waals surface area contributed by atoms with Gasteiger partial charge in [-0.3, -0.25) is 0 Å². The minimum atomic E-state index is -3.28. The minimum absolute atomic E-state index is 0.708. The van der Waals surface area contributed by atoms with E-state index in [9.17, 15) is 12.8 Å². The Balaban J connectivity index is 0. The third-order valence-electron chi connectivity index (χ3n) is 0.796. The molecule has 0 heterocycles. The lowest BCUT2D eigenvalue weighted by Crippen LogP contribution is -2.44. The van der Waals surface area contributed by atoms with E-state index in [-0.39, 0.29) is 0 Å². The van der Waals surface area contributed by atoms with Crippen LogP contribution in [-0.2, 0) is 10.0 Å². The maximum absolute atomic E-state index is 12.0. The van der Waals surface area contributed by atoms with Crippen molar-refractivity contribution >= 4 is 10.0 Å². The topological polar surface area (TPSA) is 46.2 Å². The lowest BCUT2D eigenvalue weighted by Gasteiger charge is -2.20. The van der Waals surface area contributed by atoms with Crippen LogP contribution in [0.1, 0.15) is 27.7 Å². The van der Waals surface area contributed by atoms with Gasteiger partial charge in [0.2, 0.25) is 10.0 Å². The fourth-order valence-electron chi connectivity index (χ4n) is 0.529. The van der Waals surface area contributed by atoms with Gasteiger partial charge in [-0.15, -0.1) is 0 Å². The predicted octanol–water partition coefficient (Wildman–Crippen LogP) is 1.31. The normalized spacial score (nSPS) is 11.8. The van der Waals surface area contributed by atoms with Crippen LogP contribution in [0.25, 0.3) is 0 Å². The molecule has 0 aromatic rings. The third kappa shape index (κ3) is 9.84. The first-order chi connectivity index (χ1) is 5.27. The molecule has 0 rings (SSSR count). The number of rotatable bonds is 3. The second-order valence-corrected chi connectivity index (χ2v) is 4.64. The molecule has 1 N–H and O–H groups in total. The van der Waals surface area contributed by atoms with E-state index in [1.807, 2.05) is 13.8 Å². The van der Waals surface area contributed by atoms with Gasteiger partial charge >= 0.3 is 0 Å². The van der Waals surface area contributed by atoms with Crippen LogP contribution < -0.4 is 4.72 Å². The molecular formula is C7H18FNO2S. The summed E-state index contributed by atoms with van der Waals surface area (Å²) in [6.45, 7) is 6.25. The van der Waals surface area contributed by atoms with E-state index >= 15 is 0 Å². The van der Waals surface area contributed by atoms with Gasteiger partial charge in [0.25, 0.3) is 0 Å². The Bertz CT molecular complexity index is 199. The smallest absolute Gasteiger partial charge is 0.209 e. The summed E-state index contributed by atoms with van der Waals surface area (Å²) >= 11 is 0. The molecule has 0 fully saturated rings. The maximum atomic E-state index is 12.0. The van der Waals surface area contributed by atoms with Crippen LogP contribution in [0.4, 0.5) is 4.39 Å². The summed E-state index contributed by atoms with van der Waals surface area (Å²) in [7, 11) is -3.28. The van der Waals surface area contributed by atoms with E-state index in [2.05, 4.69) is 4.72 Å². The first-order valence-electron chi connectivity index (χ1n) is 3.82. The predicted molar refractivity (Wildman–Crippen MR) is 49.4 cm³/mol. The van der Waals surface area contributed by atoms with Crippen LogP contribution in [-0.4, -0.2) is 26.9 Å². The van der Waals surface area contributed by atoms with Gasteiger partial charge in [0, 0.05) is 0 Å². The fourth-order valence-corrected chi connectivity index (χ4v) is 1.59. The Hall–Kier alpha value is -0.160. The van der Waals surface area contributed by atoms with E-state index < -0.39 is 22.2 Å². The van der Waals surface area contributed by atoms with Gasteiger partial charge in [0.05, 0.1) is 11.8 Å². The number of halogens is 1. The summed E-state index contributed by atoms with van der Waals surface area (Å²) in [6, 6.07) is 0. The van der Waals surface area contributed by atoms with Crippen molar-refractivity contribution in [2.75, 3.05) is 12.9 Å². The molecule has 3 nitrogen and oxygen atoms in total. The molecule has 5 heteroatoms. The molecular weight excluding hydrogens is 181 g/mol. The largest absolute Gasteiger partial charge is 0.249 e. The average Bonchev–Trinajstić information content (AvgIpc) is 1.88. The van der Waals surface area contributed by atoms with Crippen LogP contribution in [0.5, 0.6) is 0 Å². The average molecular weight is 199 g/mol. The highest BCUT2D eigenvalue weighted by molar-refractivity contribution is 7.88. The van der Waals surface area contributed by atoms with E-state index in [1.54, 1.807) is 0 Å². The molecule has 0 spiro atoms. The molecule has 0 saturated heterocycles. The lowest BCUT2D eigenvalue weighted by atomic mass is 10.1. The van der Waals surface area contributed by atoms with Crippen molar-refractivity contribution in [1.29, 1.82) is 0 Å². The van der Waals surface area contributed by atoms with Gasteiger partial charge in [0.15, 0.2) is 0 Å². The molecule has 0 bridgehead atoms. The van der Waals surface area contributed by atoms with Crippen molar-refractivity contribution in [2.45, 2.75) is 33.2 Å². The summed E-state index contributed by atoms with van der Waals surface area (Å²) in [5, 5.41) is 0. The van der Waals surface area contributed by atoms with Crippen molar-refractivity contribution in [3.05, 3.63) is 0 Å². The van der Waals surface area contributed by atoms with Gasteiger partial charge in [-0.1, -0.05) is 13.8 Å². The maximum Gasteiger partial charge on any atom is 0.209 e. The molecule has 0 atom stereocenters. The number of nitrogens with one attached hydrogen (secondary N) is 1. The van der Waals surface area contributed by atoms with Crippen molar-refractivity contribution in [3.63, 3.8) is 0 Å². The Morgan fingerprint density at radius 2 is 1.67 bits per heavy atom. The van der Waals surface area contributed by atoms with Gasteiger partial charge in [0.1, 0.15) is 6.67 Å². The van der Waals surface area contributed by atoms with E-state index in [4.69, 9.17) is 0 Å². The standard InChI is InChI=1S/C5H12FNO2S.C2H6/c1-5(2,4-6)7-10(3,8)9;1-2/h7H,4H2,1-3H3;1-2H3. The Morgan fingerprint density at radius 3 is 1.75 bits per heavy atom. The minimum Gasteiger partial charge on any atom is -0.249 e. The summed E-state index contributed by atoms with van der Waals surface area (Å²) in [4.78, 5) is 0. The first kappa shape index (κ1) is 14.4. The second-order valence-electron chi connectivity index (χ2n) is 2.89. The highest BCUT2D eigenvalue weighted by Crippen LogP contribution is 2.03. The zero-order chi connectivity index (χ0) is 10.4. The summed E-state index contributed by atoms with van der Waals surface area (Å²) in [5.41, 5.74) is -0.979. The Kier molecular flexibility index (Phi) is 6.56. The highest BCUT2D eigenvalue weighted by atomic mass is 32.2. The zero-order valence-electron chi connectivity index (χ0n) is 8.31. The molecule has 12 heavy (non-hydrogen) atoms. The molecule has 0 unspecified atom stereocenters. The molecule has 0 aliphatic carbocycles. The van der Waals surface area contributed by atoms with Gasteiger partial charge < -0.3 is 0 Å². The molecule has 0 aromatic heterocycles. The molecule has 0 radical (unpaired) electrons. The Morgan fingerprint density at radius 1 is 1.33 bits per heavy atom. The van der Waals surface area contributed by atoms with Gasteiger partial charge in [-0.05, 0) is 13.8 Å². The fraction of sp³-hybridized carbons (Fsp3) is 1.00. The summed E-state index contributed by atoms with van der Waals surface area (Å²) in [6.07, 6.45) is 1.00.